The summed E-state index contributed by atoms with van der Waals surface area (Å²) >= 11 is 1.38. The SMILES string of the molecule is CN(CCc1ccccc1)C(=O)Cc1cnsc1. The van der Waals surface area contributed by atoms with E-state index in [2.05, 4.69) is 16.5 Å². The number of carbonyl (C=O) groups excluding carboxylic acids is 1. The highest BCUT2D eigenvalue weighted by atomic mass is 32.1. The molecule has 0 N–H and O–H groups in total. The van der Waals surface area contributed by atoms with Crippen LogP contribution in [0.1, 0.15) is 11.1 Å². The van der Waals surface area contributed by atoms with Gasteiger partial charge >= 0.3 is 0 Å². The molecule has 2 rings (SSSR count). The van der Waals surface area contributed by atoms with Crippen LogP contribution < -0.4 is 0 Å². The topological polar surface area (TPSA) is 33.2 Å². The number of carbonyl (C=O) groups is 1. The van der Waals surface area contributed by atoms with Gasteiger partial charge in [-0.25, -0.2) is 4.37 Å². The van der Waals surface area contributed by atoms with E-state index in [4.69, 9.17) is 0 Å². The molecular weight excluding hydrogens is 244 g/mol. The Kier molecular flexibility index (Phi) is 4.47. The molecule has 0 aliphatic rings. The van der Waals surface area contributed by atoms with E-state index in [0.717, 1.165) is 18.5 Å². The maximum absolute atomic E-state index is 11.9. The molecule has 1 amide bonds. The summed E-state index contributed by atoms with van der Waals surface area (Å²) in [6.45, 7) is 0.750. The second kappa shape index (κ2) is 6.31. The molecular formula is C14H16N2OS. The Balaban J connectivity index is 1.81. The highest BCUT2D eigenvalue weighted by molar-refractivity contribution is 7.03. The molecule has 0 aliphatic heterocycles. The summed E-state index contributed by atoms with van der Waals surface area (Å²) < 4.78 is 4.00. The fraction of sp³-hybridized carbons (Fsp3) is 0.286. The van der Waals surface area contributed by atoms with Gasteiger partial charge in [0.1, 0.15) is 0 Å². The van der Waals surface area contributed by atoms with Crippen LogP contribution in [0.2, 0.25) is 0 Å². The number of aromatic nitrogens is 1. The van der Waals surface area contributed by atoms with Crippen LogP contribution in [-0.2, 0) is 17.6 Å². The first-order chi connectivity index (χ1) is 8.75. The molecule has 94 valence electrons. The van der Waals surface area contributed by atoms with Crippen LogP contribution in [-0.4, -0.2) is 28.8 Å². The molecule has 1 heterocycles. The van der Waals surface area contributed by atoms with Crippen molar-refractivity contribution in [1.82, 2.24) is 9.27 Å². The molecule has 0 spiro atoms. The lowest BCUT2D eigenvalue weighted by molar-refractivity contribution is -0.129. The van der Waals surface area contributed by atoms with Crippen LogP contribution in [0.5, 0.6) is 0 Å². The van der Waals surface area contributed by atoms with Crippen molar-refractivity contribution in [3.05, 3.63) is 53.0 Å². The Morgan fingerprint density at radius 3 is 2.72 bits per heavy atom. The van der Waals surface area contributed by atoms with Crippen LogP contribution >= 0.6 is 11.5 Å². The zero-order valence-corrected chi connectivity index (χ0v) is 11.2. The van der Waals surface area contributed by atoms with Crippen LogP contribution in [0.15, 0.2) is 41.9 Å². The van der Waals surface area contributed by atoms with E-state index in [1.807, 2.05) is 30.6 Å². The summed E-state index contributed by atoms with van der Waals surface area (Å²) in [6.07, 6.45) is 3.10. The molecule has 2 aromatic rings. The lowest BCUT2D eigenvalue weighted by Crippen LogP contribution is -2.30. The minimum atomic E-state index is 0.145. The molecule has 0 saturated carbocycles. The molecule has 0 fully saturated rings. The first-order valence-electron chi connectivity index (χ1n) is 5.92. The molecule has 0 atom stereocenters. The lowest BCUT2D eigenvalue weighted by atomic mass is 10.1. The van der Waals surface area contributed by atoms with Gasteiger partial charge in [-0.1, -0.05) is 30.3 Å². The van der Waals surface area contributed by atoms with Crippen LogP contribution in [0, 0.1) is 0 Å². The number of hydrogen-bond acceptors (Lipinski definition) is 3. The van der Waals surface area contributed by atoms with Crippen LogP contribution in [0.4, 0.5) is 0 Å². The van der Waals surface area contributed by atoms with E-state index in [0.29, 0.717) is 6.42 Å². The Labute approximate surface area is 111 Å². The molecule has 18 heavy (non-hydrogen) atoms. The van der Waals surface area contributed by atoms with E-state index in [1.165, 1.54) is 17.1 Å². The van der Waals surface area contributed by atoms with Gasteiger partial charge in [-0.3, -0.25) is 4.79 Å². The van der Waals surface area contributed by atoms with Gasteiger partial charge in [0, 0.05) is 25.2 Å². The van der Waals surface area contributed by atoms with Gasteiger partial charge in [-0.2, -0.15) is 0 Å². The Morgan fingerprint density at radius 2 is 2.06 bits per heavy atom. The van der Waals surface area contributed by atoms with Gasteiger partial charge in [0.25, 0.3) is 0 Å². The number of nitrogens with zero attached hydrogens (tertiary/aromatic N) is 2. The van der Waals surface area contributed by atoms with Crippen LogP contribution in [0.25, 0.3) is 0 Å². The molecule has 1 aromatic heterocycles. The summed E-state index contributed by atoms with van der Waals surface area (Å²) in [5.41, 5.74) is 2.26. The smallest absolute Gasteiger partial charge is 0.226 e. The zero-order chi connectivity index (χ0) is 12.8. The van der Waals surface area contributed by atoms with Crippen molar-refractivity contribution in [2.24, 2.45) is 0 Å². The average molecular weight is 260 g/mol. The number of rotatable bonds is 5. The number of hydrogen-bond donors (Lipinski definition) is 0. The van der Waals surface area contributed by atoms with Crippen molar-refractivity contribution in [2.45, 2.75) is 12.8 Å². The van der Waals surface area contributed by atoms with Gasteiger partial charge in [-0.05, 0) is 29.1 Å². The zero-order valence-electron chi connectivity index (χ0n) is 10.4. The third-order valence-electron chi connectivity index (χ3n) is 2.84. The molecule has 4 heteroatoms. The van der Waals surface area contributed by atoms with Crippen LogP contribution in [0.3, 0.4) is 0 Å². The maximum Gasteiger partial charge on any atom is 0.226 e. The largest absolute Gasteiger partial charge is 0.345 e. The summed E-state index contributed by atoms with van der Waals surface area (Å²) in [4.78, 5) is 13.7. The number of likely N-dealkylation sites (N-methyl/N-ethyl adjacent to an activating group) is 1. The summed E-state index contributed by atoms with van der Waals surface area (Å²) in [6, 6.07) is 10.2. The van der Waals surface area contributed by atoms with Gasteiger partial charge in [-0.15, -0.1) is 0 Å². The minimum Gasteiger partial charge on any atom is -0.345 e. The lowest BCUT2D eigenvalue weighted by Gasteiger charge is -2.16. The van der Waals surface area contributed by atoms with Gasteiger partial charge in [0.2, 0.25) is 5.91 Å². The van der Waals surface area contributed by atoms with E-state index in [1.54, 1.807) is 11.1 Å². The maximum atomic E-state index is 11.9. The molecule has 0 saturated heterocycles. The molecule has 0 unspecified atom stereocenters. The Bertz CT molecular complexity index is 482. The average Bonchev–Trinajstić information content (AvgIpc) is 2.90. The minimum absolute atomic E-state index is 0.145. The van der Waals surface area contributed by atoms with Gasteiger partial charge in [0.05, 0.1) is 6.42 Å². The van der Waals surface area contributed by atoms with E-state index >= 15 is 0 Å². The summed E-state index contributed by atoms with van der Waals surface area (Å²) in [5.74, 6) is 0.145. The predicted octanol–water partition coefficient (Wildman–Crippen LogP) is 2.39. The normalized spacial score (nSPS) is 10.3. The highest BCUT2D eigenvalue weighted by Gasteiger charge is 2.10. The van der Waals surface area contributed by atoms with Gasteiger partial charge in [0.15, 0.2) is 0 Å². The van der Waals surface area contributed by atoms with E-state index in [-0.39, 0.29) is 5.91 Å². The van der Waals surface area contributed by atoms with E-state index in [9.17, 15) is 4.79 Å². The third kappa shape index (κ3) is 3.67. The first kappa shape index (κ1) is 12.8. The fourth-order valence-electron chi connectivity index (χ4n) is 1.69. The van der Waals surface area contributed by atoms with Crippen molar-refractivity contribution in [3.8, 4) is 0 Å². The quantitative estimate of drug-likeness (QED) is 0.827. The van der Waals surface area contributed by atoms with E-state index < -0.39 is 0 Å². The Morgan fingerprint density at radius 1 is 1.28 bits per heavy atom. The highest BCUT2D eigenvalue weighted by Crippen LogP contribution is 2.05. The first-order valence-corrected chi connectivity index (χ1v) is 6.75. The second-order valence-corrected chi connectivity index (χ2v) is 4.92. The molecule has 0 bridgehead atoms. The Hall–Kier alpha value is -1.68. The molecule has 0 radical (unpaired) electrons. The third-order valence-corrected chi connectivity index (χ3v) is 3.48. The second-order valence-electron chi connectivity index (χ2n) is 4.26. The summed E-state index contributed by atoms with van der Waals surface area (Å²) in [7, 11) is 1.85. The monoisotopic (exact) mass is 260 g/mol. The van der Waals surface area contributed by atoms with Crippen molar-refractivity contribution < 1.29 is 4.79 Å². The van der Waals surface area contributed by atoms with Crippen molar-refractivity contribution in [3.63, 3.8) is 0 Å². The number of amides is 1. The molecule has 1 aromatic carbocycles. The van der Waals surface area contributed by atoms with Crippen molar-refractivity contribution in [1.29, 1.82) is 0 Å². The predicted molar refractivity (Wildman–Crippen MR) is 73.6 cm³/mol. The fourth-order valence-corrected chi connectivity index (χ4v) is 2.23. The molecule has 3 nitrogen and oxygen atoms in total. The standard InChI is InChI=1S/C14H16N2OS/c1-16(8-7-12-5-3-2-4-6-12)14(17)9-13-10-15-18-11-13/h2-6,10-11H,7-9H2,1H3. The van der Waals surface area contributed by atoms with Crippen molar-refractivity contribution >= 4 is 17.4 Å². The van der Waals surface area contributed by atoms with Gasteiger partial charge < -0.3 is 4.90 Å². The molecule has 0 aliphatic carbocycles. The van der Waals surface area contributed by atoms with Crippen molar-refractivity contribution in [2.75, 3.05) is 13.6 Å². The summed E-state index contributed by atoms with van der Waals surface area (Å²) in [5, 5.41) is 1.92. The number of benzene rings is 1.